The molecule has 0 aliphatic carbocycles. The van der Waals surface area contributed by atoms with Crippen molar-refractivity contribution in [2.24, 2.45) is 17.6 Å². The Labute approximate surface area is 85.4 Å². The minimum atomic E-state index is -0.268. The molecule has 0 spiro atoms. The van der Waals surface area contributed by atoms with E-state index in [1.165, 1.54) is 0 Å². The number of aliphatic hydroxyl groups excluding tert-OH is 1. The predicted molar refractivity (Wildman–Crippen MR) is 54.7 cm³/mol. The largest absolute Gasteiger partial charge is 0.463 e. The highest BCUT2D eigenvalue weighted by Gasteiger charge is 2.14. The second-order valence-corrected chi connectivity index (χ2v) is 3.88. The molecular weight excluding hydrogens is 182 g/mol. The summed E-state index contributed by atoms with van der Waals surface area (Å²) in [5, 5.41) is 8.45. The van der Waals surface area contributed by atoms with E-state index in [1.54, 1.807) is 0 Å². The van der Waals surface area contributed by atoms with Crippen LogP contribution in [-0.4, -0.2) is 30.8 Å². The normalized spacial score (nSPS) is 12.9. The lowest BCUT2D eigenvalue weighted by Crippen LogP contribution is -2.21. The molecule has 0 saturated carbocycles. The van der Waals surface area contributed by atoms with Crippen LogP contribution < -0.4 is 5.73 Å². The second-order valence-electron chi connectivity index (χ2n) is 3.88. The van der Waals surface area contributed by atoms with E-state index in [9.17, 15) is 4.79 Å². The average Bonchev–Trinajstić information content (AvgIpc) is 2.12. The molecule has 4 nitrogen and oxygen atoms in total. The van der Waals surface area contributed by atoms with Crippen LogP contribution in [0.25, 0.3) is 0 Å². The maximum Gasteiger partial charge on any atom is 0.306 e. The minimum Gasteiger partial charge on any atom is -0.463 e. The number of aliphatic hydroxyl groups is 1. The molecule has 0 rings (SSSR count). The quantitative estimate of drug-likeness (QED) is 0.592. The molecule has 84 valence electrons. The monoisotopic (exact) mass is 203 g/mol. The molecule has 0 aliphatic rings. The minimum absolute atomic E-state index is 0.0812. The van der Waals surface area contributed by atoms with E-state index in [-0.39, 0.29) is 25.1 Å². The number of hydrogen-bond donors (Lipinski definition) is 2. The van der Waals surface area contributed by atoms with E-state index in [0.717, 1.165) is 6.42 Å². The van der Waals surface area contributed by atoms with Gasteiger partial charge < -0.3 is 15.6 Å². The predicted octanol–water partition coefficient (Wildman–Crippen LogP) is 0.533. The topological polar surface area (TPSA) is 72.6 Å². The third-order valence-corrected chi connectivity index (χ3v) is 1.95. The van der Waals surface area contributed by atoms with Gasteiger partial charge in [0.05, 0.1) is 6.61 Å². The number of ether oxygens (including phenoxy) is 1. The van der Waals surface area contributed by atoms with E-state index in [2.05, 4.69) is 13.8 Å². The molecule has 0 aliphatic heterocycles. The summed E-state index contributed by atoms with van der Waals surface area (Å²) in [6, 6.07) is 0. The molecule has 0 radical (unpaired) electrons. The highest BCUT2D eigenvalue weighted by Crippen LogP contribution is 2.14. The first-order valence-electron chi connectivity index (χ1n) is 5.06. The molecule has 0 amide bonds. The van der Waals surface area contributed by atoms with Gasteiger partial charge in [-0.05, 0) is 24.8 Å². The number of carbonyl (C=O) groups excluding carboxylic acids is 1. The van der Waals surface area contributed by atoms with Gasteiger partial charge in [0.15, 0.2) is 0 Å². The zero-order valence-corrected chi connectivity index (χ0v) is 9.03. The van der Waals surface area contributed by atoms with Crippen LogP contribution >= 0.6 is 0 Å². The molecule has 3 N–H and O–H groups in total. The van der Waals surface area contributed by atoms with Crippen LogP contribution in [0.15, 0.2) is 0 Å². The van der Waals surface area contributed by atoms with Gasteiger partial charge >= 0.3 is 5.97 Å². The summed E-state index contributed by atoms with van der Waals surface area (Å²) < 4.78 is 4.76. The number of esters is 1. The van der Waals surface area contributed by atoms with Crippen LogP contribution in [0.5, 0.6) is 0 Å². The van der Waals surface area contributed by atoms with E-state index >= 15 is 0 Å². The maximum atomic E-state index is 11.2. The highest BCUT2D eigenvalue weighted by atomic mass is 16.5. The molecule has 0 heterocycles. The summed E-state index contributed by atoms with van der Waals surface area (Å²) in [7, 11) is 0. The highest BCUT2D eigenvalue weighted by molar-refractivity contribution is 5.69. The number of hydrogen-bond acceptors (Lipinski definition) is 4. The lowest BCUT2D eigenvalue weighted by molar-refractivity contribution is -0.145. The molecule has 0 aromatic rings. The van der Waals surface area contributed by atoms with Crippen molar-refractivity contribution in [2.75, 3.05) is 19.8 Å². The van der Waals surface area contributed by atoms with Gasteiger partial charge in [0.1, 0.15) is 6.61 Å². The van der Waals surface area contributed by atoms with Crippen LogP contribution in [-0.2, 0) is 9.53 Å². The Bertz CT molecular complexity index is 159. The Morgan fingerprint density at radius 3 is 2.57 bits per heavy atom. The summed E-state index contributed by atoms with van der Waals surface area (Å²) in [6.07, 6.45) is 1.29. The van der Waals surface area contributed by atoms with Crippen molar-refractivity contribution >= 4 is 5.97 Å². The molecule has 0 fully saturated rings. The van der Waals surface area contributed by atoms with Gasteiger partial charge in [0.25, 0.3) is 0 Å². The first-order chi connectivity index (χ1) is 6.60. The van der Waals surface area contributed by atoms with Crippen molar-refractivity contribution in [3.8, 4) is 0 Å². The Kier molecular flexibility index (Phi) is 7.42. The van der Waals surface area contributed by atoms with Crippen molar-refractivity contribution < 1.29 is 14.6 Å². The van der Waals surface area contributed by atoms with Crippen LogP contribution in [0.2, 0.25) is 0 Å². The molecule has 1 atom stereocenters. The van der Waals surface area contributed by atoms with Gasteiger partial charge in [-0.3, -0.25) is 4.79 Å². The molecule has 14 heavy (non-hydrogen) atoms. The standard InChI is InChI=1S/C10H21NO3/c1-8(2)5-9(7-11)6-10(13)14-4-3-12/h8-9,12H,3-7,11H2,1-2H3/t9-/m0/s1. The van der Waals surface area contributed by atoms with Crippen molar-refractivity contribution in [3.05, 3.63) is 0 Å². The van der Waals surface area contributed by atoms with Gasteiger partial charge in [-0.15, -0.1) is 0 Å². The SMILES string of the molecule is CC(C)C[C@H](CN)CC(=O)OCCO. The Morgan fingerprint density at radius 2 is 2.14 bits per heavy atom. The Morgan fingerprint density at radius 1 is 1.50 bits per heavy atom. The third-order valence-electron chi connectivity index (χ3n) is 1.95. The summed E-state index contributed by atoms with van der Waals surface area (Å²) >= 11 is 0. The number of rotatable bonds is 7. The third kappa shape index (κ3) is 6.86. The van der Waals surface area contributed by atoms with Crippen molar-refractivity contribution in [2.45, 2.75) is 26.7 Å². The zero-order valence-electron chi connectivity index (χ0n) is 9.03. The van der Waals surface area contributed by atoms with E-state index in [1.807, 2.05) is 0 Å². The van der Waals surface area contributed by atoms with Gasteiger partial charge in [-0.2, -0.15) is 0 Å². The molecule has 0 bridgehead atoms. The smallest absolute Gasteiger partial charge is 0.306 e. The van der Waals surface area contributed by atoms with Crippen molar-refractivity contribution in [1.82, 2.24) is 0 Å². The Balaban J connectivity index is 3.74. The first-order valence-corrected chi connectivity index (χ1v) is 5.06. The first kappa shape index (κ1) is 13.4. The number of carbonyl (C=O) groups is 1. The fourth-order valence-electron chi connectivity index (χ4n) is 1.38. The van der Waals surface area contributed by atoms with Crippen LogP contribution in [0.1, 0.15) is 26.7 Å². The van der Waals surface area contributed by atoms with Crippen LogP contribution in [0.3, 0.4) is 0 Å². The molecule has 0 aromatic heterocycles. The van der Waals surface area contributed by atoms with E-state index in [0.29, 0.717) is 18.9 Å². The number of nitrogens with two attached hydrogens (primary N) is 1. The molecule has 0 saturated heterocycles. The molecule has 4 heteroatoms. The second kappa shape index (κ2) is 7.76. The maximum absolute atomic E-state index is 11.2. The lowest BCUT2D eigenvalue weighted by atomic mass is 9.94. The summed E-state index contributed by atoms with van der Waals surface area (Å²) in [6.45, 7) is 4.66. The fraction of sp³-hybridized carbons (Fsp3) is 0.900. The fourth-order valence-corrected chi connectivity index (χ4v) is 1.38. The molecule has 0 aromatic carbocycles. The summed E-state index contributed by atoms with van der Waals surface area (Å²) in [5.41, 5.74) is 5.54. The molecular formula is C10H21NO3. The summed E-state index contributed by atoms with van der Waals surface area (Å²) in [5.74, 6) is 0.463. The van der Waals surface area contributed by atoms with Crippen LogP contribution in [0, 0.1) is 11.8 Å². The van der Waals surface area contributed by atoms with Crippen LogP contribution in [0.4, 0.5) is 0 Å². The summed E-state index contributed by atoms with van der Waals surface area (Å²) in [4.78, 5) is 11.2. The van der Waals surface area contributed by atoms with Crippen molar-refractivity contribution in [3.63, 3.8) is 0 Å². The van der Waals surface area contributed by atoms with Gasteiger partial charge in [0.2, 0.25) is 0 Å². The van der Waals surface area contributed by atoms with Gasteiger partial charge in [0, 0.05) is 6.42 Å². The Hall–Kier alpha value is -0.610. The van der Waals surface area contributed by atoms with Crippen molar-refractivity contribution in [1.29, 1.82) is 0 Å². The van der Waals surface area contributed by atoms with Gasteiger partial charge in [-0.1, -0.05) is 13.8 Å². The van der Waals surface area contributed by atoms with Gasteiger partial charge in [-0.25, -0.2) is 0 Å². The van der Waals surface area contributed by atoms with E-state index < -0.39 is 0 Å². The zero-order chi connectivity index (χ0) is 11.0. The lowest BCUT2D eigenvalue weighted by Gasteiger charge is -2.15. The molecule has 0 unspecified atom stereocenters. The average molecular weight is 203 g/mol. The van der Waals surface area contributed by atoms with E-state index in [4.69, 9.17) is 15.6 Å².